The first-order chi connectivity index (χ1) is 13.1. The minimum absolute atomic E-state index is 0.000931. The van der Waals surface area contributed by atoms with Gasteiger partial charge in [-0.2, -0.15) is 0 Å². The van der Waals surface area contributed by atoms with Crippen LogP contribution in [0.3, 0.4) is 0 Å². The van der Waals surface area contributed by atoms with E-state index >= 15 is 0 Å². The smallest absolute Gasteiger partial charge is 0.248 e. The molecule has 1 aliphatic rings. The zero-order valence-electron chi connectivity index (χ0n) is 15.1. The first-order valence-corrected chi connectivity index (χ1v) is 9.94. The van der Waals surface area contributed by atoms with Crippen molar-refractivity contribution in [2.45, 2.75) is 32.2 Å². The van der Waals surface area contributed by atoms with Crippen LogP contribution < -0.4 is 5.32 Å². The number of aryl methyl sites for hydroxylation is 1. The van der Waals surface area contributed by atoms with Gasteiger partial charge < -0.3 is 10.2 Å². The Morgan fingerprint density at radius 1 is 1.19 bits per heavy atom. The Hall–Kier alpha value is -2.73. The maximum atomic E-state index is 12.8. The molecule has 0 spiro atoms. The first kappa shape index (κ1) is 17.7. The Balaban J connectivity index is 1.46. The van der Waals surface area contributed by atoms with Gasteiger partial charge in [0.2, 0.25) is 11.8 Å². The van der Waals surface area contributed by atoms with Gasteiger partial charge >= 0.3 is 0 Å². The van der Waals surface area contributed by atoms with E-state index in [0.29, 0.717) is 24.5 Å². The molecule has 138 valence electrons. The fraction of sp³-hybridized carbons (Fsp3) is 0.286. The SMILES string of the molecule is Cc1cccc2sc(NC(=O)C3CCCN3C(=O)Cc3ccccc3)nc12. The van der Waals surface area contributed by atoms with E-state index in [2.05, 4.69) is 10.3 Å². The van der Waals surface area contributed by atoms with Crippen LogP contribution in [0.4, 0.5) is 5.13 Å². The molecule has 0 saturated carbocycles. The highest BCUT2D eigenvalue weighted by molar-refractivity contribution is 7.22. The van der Waals surface area contributed by atoms with Crippen LogP contribution in [-0.4, -0.2) is 34.3 Å². The second-order valence-electron chi connectivity index (χ2n) is 6.84. The molecule has 27 heavy (non-hydrogen) atoms. The first-order valence-electron chi connectivity index (χ1n) is 9.12. The maximum absolute atomic E-state index is 12.8. The number of carbonyl (C=O) groups excluding carboxylic acids is 2. The minimum Gasteiger partial charge on any atom is -0.330 e. The second-order valence-corrected chi connectivity index (χ2v) is 7.87. The number of likely N-dealkylation sites (tertiary alicyclic amines) is 1. The van der Waals surface area contributed by atoms with Crippen molar-refractivity contribution < 1.29 is 9.59 Å². The van der Waals surface area contributed by atoms with Crippen molar-refractivity contribution in [1.29, 1.82) is 0 Å². The largest absolute Gasteiger partial charge is 0.330 e. The highest BCUT2D eigenvalue weighted by Gasteiger charge is 2.34. The van der Waals surface area contributed by atoms with Gasteiger partial charge in [-0.15, -0.1) is 0 Å². The zero-order valence-corrected chi connectivity index (χ0v) is 16.0. The highest BCUT2D eigenvalue weighted by atomic mass is 32.1. The van der Waals surface area contributed by atoms with Gasteiger partial charge in [-0.3, -0.25) is 9.59 Å². The lowest BCUT2D eigenvalue weighted by molar-refractivity contribution is -0.136. The summed E-state index contributed by atoms with van der Waals surface area (Å²) >= 11 is 1.46. The molecule has 1 atom stereocenters. The van der Waals surface area contributed by atoms with Crippen molar-refractivity contribution in [2.24, 2.45) is 0 Å². The van der Waals surface area contributed by atoms with Crippen LogP contribution >= 0.6 is 11.3 Å². The summed E-state index contributed by atoms with van der Waals surface area (Å²) in [7, 11) is 0. The summed E-state index contributed by atoms with van der Waals surface area (Å²) in [5.74, 6) is -0.149. The topological polar surface area (TPSA) is 62.3 Å². The number of para-hydroxylation sites is 1. The number of carbonyl (C=O) groups is 2. The van der Waals surface area contributed by atoms with Crippen LogP contribution in [0.1, 0.15) is 24.0 Å². The number of aromatic nitrogens is 1. The molecule has 2 amide bonds. The summed E-state index contributed by atoms with van der Waals surface area (Å²) in [6, 6.07) is 15.2. The van der Waals surface area contributed by atoms with Gasteiger partial charge in [-0.25, -0.2) is 4.98 Å². The van der Waals surface area contributed by atoms with Gasteiger partial charge in [0.1, 0.15) is 6.04 Å². The molecule has 1 N–H and O–H groups in total. The quantitative estimate of drug-likeness (QED) is 0.750. The van der Waals surface area contributed by atoms with Crippen LogP contribution in [0.25, 0.3) is 10.2 Å². The van der Waals surface area contributed by atoms with Crippen molar-refractivity contribution in [3.63, 3.8) is 0 Å². The number of anilines is 1. The Labute approximate surface area is 162 Å². The molecule has 4 rings (SSSR count). The molecule has 1 saturated heterocycles. The van der Waals surface area contributed by atoms with Gasteiger partial charge in [0, 0.05) is 6.54 Å². The average Bonchev–Trinajstić information content (AvgIpc) is 3.30. The fourth-order valence-electron chi connectivity index (χ4n) is 3.54. The maximum Gasteiger partial charge on any atom is 0.248 e. The van der Waals surface area contributed by atoms with Gasteiger partial charge in [-0.05, 0) is 37.0 Å². The number of nitrogens with one attached hydrogen (secondary N) is 1. The van der Waals surface area contributed by atoms with Gasteiger partial charge in [0.05, 0.1) is 16.6 Å². The van der Waals surface area contributed by atoms with Crippen LogP contribution in [0.15, 0.2) is 48.5 Å². The molecular weight excluding hydrogens is 358 g/mol. The summed E-state index contributed by atoms with van der Waals surface area (Å²) in [6.45, 7) is 2.64. The van der Waals surface area contributed by atoms with E-state index < -0.39 is 6.04 Å². The Morgan fingerprint density at radius 3 is 2.78 bits per heavy atom. The number of hydrogen-bond acceptors (Lipinski definition) is 4. The molecule has 1 fully saturated rings. The van der Waals surface area contributed by atoms with E-state index in [1.54, 1.807) is 4.90 Å². The number of amides is 2. The average molecular weight is 379 g/mol. The van der Waals surface area contributed by atoms with Crippen LogP contribution in [-0.2, 0) is 16.0 Å². The number of thiazole rings is 1. The molecule has 0 aliphatic carbocycles. The van der Waals surface area contributed by atoms with Gasteiger partial charge in [0.15, 0.2) is 5.13 Å². The minimum atomic E-state index is -0.422. The standard InChI is InChI=1S/C21H21N3O2S/c1-14-7-5-11-17-19(14)22-21(27-17)23-20(26)16-10-6-12-24(16)18(25)13-15-8-3-2-4-9-15/h2-5,7-9,11,16H,6,10,12-13H2,1H3,(H,22,23,26). The number of rotatable bonds is 4. The van der Waals surface area contributed by atoms with Crippen molar-refractivity contribution in [3.8, 4) is 0 Å². The number of nitrogens with zero attached hydrogens (tertiary/aromatic N) is 2. The van der Waals surface area contributed by atoms with Crippen molar-refractivity contribution >= 4 is 38.5 Å². The molecule has 6 heteroatoms. The number of fused-ring (bicyclic) bond motifs is 1. The molecule has 0 bridgehead atoms. The predicted octanol–water partition coefficient (Wildman–Crippen LogP) is 3.78. The van der Waals surface area contributed by atoms with E-state index in [-0.39, 0.29) is 11.8 Å². The highest BCUT2D eigenvalue weighted by Crippen LogP contribution is 2.29. The van der Waals surface area contributed by atoms with Crippen molar-refractivity contribution in [2.75, 3.05) is 11.9 Å². The van der Waals surface area contributed by atoms with Crippen molar-refractivity contribution in [3.05, 3.63) is 59.7 Å². The number of hydrogen-bond donors (Lipinski definition) is 1. The predicted molar refractivity (Wildman–Crippen MR) is 108 cm³/mol. The normalized spacial score (nSPS) is 16.6. The summed E-state index contributed by atoms with van der Waals surface area (Å²) in [5, 5.41) is 3.51. The Kier molecular flexibility index (Phi) is 4.90. The molecule has 1 aliphatic heterocycles. The van der Waals surface area contributed by atoms with Gasteiger partial charge in [-0.1, -0.05) is 53.8 Å². The molecule has 1 aromatic heterocycles. The Morgan fingerprint density at radius 2 is 2.00 bits per heavy atom. The lowest BCUT2D eigenvalue weighted by Gasteiger charge is -2.23. The lowest BCUT2D eigenvalue weighted by atomic mass is 10.1. The number of benzene rings is 2. The molecule has 1 unspecified atom stereocenters. The van der Waals surface area contributed by atoms with Crippen molar-refractivity contribution in [1.82, 2.24) is 9.88 Å². The fourth-order valence-corrected chi connectivity index (χ4v) is 4.48. The summed E-state index contributed by atoms with van der Waals surface area (Å²) < 4.78 is 1.05. The second kappa shape index (κ2) is 7.48. The molecule has 3 aromatic rings. The monoisotopic (exact) mass is 379 g/mol. The van der Waals surface area contributed by atoms with Crippen LogP contribution in [0.2, 0.25) is 0 Å². The van der Waals surface area contributed by atoms with E-state index in [4.69, 9.17) is 0 Å². The van der Waals surface area contributed by atoms with E-state index in [1.807, 2.05) is 55.5 Å². The molecule has 0 radical (unpaired) electrons. The van der Waals surface area contributed by atoms with E-state index in [1.165, 1.54) is 11.3 Å². The molecule has 2 heterocycles. The van der Waals surface area contributed by atoms with Crippen LogP contribution in [0.5, 0.6) is 0 Å². The molecule has 2 aromatic carbocycles. The van der Waals surface area contributed by atoms with Gasteiger partial charge in [0.25, 0.3) is 0 Å². The lowest BCUT2D eigenvalue weighted by Crippen LogP contribution is -2.43. The van der Waals surface area contributed by atoms with Crippen LogP contribution in [0, 0.1) is 6.92 Å². The third kappa shape index (κ3) is 3.71. The van der Waals surface area contributed by atoms with E-state index in [9.17, 15) is 9.59 Å². The third-order valence-electron chi connectivity index (χ3n) is 4.92. The zero-order chi connectivity index (χ0) is 18.8. The van der Waals surface area contributed by atoms with E-state index in [0.717, 1.165) is 27.8 Å². The summed E-state index contributed by atoms with van der Waals surface area (Å²) in [4.78, 5) is 31.8. The molecule has 5 nitrogen and oxygen atoms in total. The third-order valence-corrected chi connectivity index (χ3v) is 5.86. The summed E-state index contributed by atoms with van der Waals surface area (Å²) in [5.41, 5.74) is 2.97. The summed E-state index contributed by atoms with van der Waals surface area (Å²) in [6.07, 6.45) is 1.86. The molecular formula is C21H21N3O2S. The Bertz CT molecular complexity index is 984.